The zero-order valence-electron chi connectivity index (χ0n) is 23.9. The summed E-state index contributed by atoms with van der Waals surface area (Å²) in [5, 5.41) is 4.12. The Morgan fingerprint density at radius 1 is 0.905 bits per heavy atom. The van der Waals surface area contributed by atoms with E-state index in [1.54, 1.807) is 29.2 Å². The molecule has 0 bridgehead atoms. The molecule has 0 saturated heterocycles. The van der Waals surface area contributed by atoms with Crippen molar-refractivity contribution >= 4 is 62.3 Å². The van der Waals surface area contributed by atoms with E-state index in [4.69, 9.17) is 34.8 Å². The first-order valence-corrected chi connectivity index (χ1v) is 16.7. The predicted octanol–water partition coefficient (Wildman–Crippen LogP) is 6.75. The number of rotatable bonds is 14. The van der Waals surface area contributed by atoms with E-state index in [9.17, 15) is 18.0 Å². The van der Waals surface area contributed by atoms with Crippen molar-refractivity contribution in [1.82, 2.24) is 10.2 Å². The van der Waals surface area contributed by atoms with Crippen molar-refractivity contribution in [2.75, 3.05) is 17.1 Å². The number of amides is 2. The minimum absolute atomic E-state index is 0.00193. The zero-order chi connectivity index (χ0) is 30.9. The molecular formula is C31H36Cl3N3O4S. The molecule has 1 N–H and O–H groups in total. The molecule has 2 amide bonds. The quantitative estimate of drug-likeness (QED) is 0.209. The van der Waals surface area contributed by atoms with Crippen LogP contribution >= 0.6 is 34.8 Å². The Morgan fingerprint density at radius 2 is 1.57 bits per heavy atom. The summed E-state index contributed by atoms with van der Waals surface area (Å²) >= 11 is 18.7. The summed E-state index contributed by atoms with van der Waals surface area (Å²) in [6.45, 7) is 4.05. The lowest BCUT2D eigenvalue weighted by Gasteiger charge is -2.33. The number of halogens is 3. The summed E-state index contributed by atoms with van der Waals surface area (Å²) in [7, 11) is -3.73. The smallest absolute Gasteiger partial charge is 0.243 e. The van der Waals surface area contributed by atoms with Crippen LogP contribution in [0.5, 0.6) is 0 Å². The number of anilines is 1. The number of sulfonamides is 1. The molecule has 0 aliphatic heterocycles. The maximum Gasteiger partial charge on any atom is 0.243 e. The van der Waals surface area contributed by atoms with Crippen LogP contribution in [-0.4, -0.2) is 50.0 Å². The van der Waals surface area contributed by atoms with E-state index >= 15 is 0 Å². The van der Waals surface area contributed by atoms with Gasteiger partial charge in [-0.3, -0.25) is 13.9 Å². The first-order chi connectivity index (χ1) is 19.9. The molecule has 0 spiro atoms. The van der Waals surface area contributed by atoms with Gasteiger partial charge in [-0.05, 0) is 61.2 Å². The minimum Gasteiger partial charge on any atom is -0.352 e. The Bertz CT molecular complexity index is 1470. The van der Waals surface area contributed by atoms with Crippen LogP contribution in [0.1, 0.15) is 44.2 Å². The second-order valence-electron chi connectivity index (χ2n) is 10.2. The molecule has 0 fully saturated rings. The monoisotopic (exact) mass is 651 g/mol. The summed E-state index contributed by atoms with van der Waals surface area (Å²) < 4.78 is 26.5. The molecule has 0 radical (unpaired) electrons. The number of nitrogens with zero attached hydrogens (tertiary/aromatic N) is 2. The number of benzene rings is 3. The predicted molar refractivity (Wildman–Crippen MR) is 172 cm³/mol. The van der Waals surface area contributed by atoms with Crippen molar-refractivity contribution in [3.63, 3.8) is 0 Å². The van der Waals surface area contributed by atoms with Crippen LogP contribution in [0.25, 0.3) is 0 Å². The summed E-state index contributed by atoms with van der Waals surface area (Å²) in [4.78, 5) is 29.1. The fourth-order valence-electron chi connectivity index (χ4n) is 4.49. The molecule has 0 unspecified atom stereocenters. The summed E-state index contributed by atoms with van der Waals surface area (Å²) in [6, 6.07) is 20.4. The van der Waals surface area contributed by atoms with Gasteiger partial charge in [0, 0.05) is 42.0 Å². The molecule has 42 heavy (non-hydrogen) atoms. The van der Waals surface area contributed by atoms with Gasteiger partial charge in [0.1, 0.15) is 6.04 Å². The van der Waals surface area contributed by atoms with Crippen LogP contribution in [0.15, 0.2) is 72.8 Å². The molecular weight excluding hydrogens is 617 g/mol. The van der Waals surface area contributed by atoms with Gasteiger partial charge in [0.25, 0.3) is 0 Å². The number of hydrogen-bond acceptors (Lipinski definition) is 4. The van der Waals surface area contributed by atoms with Crippen molar-refractivity contribution in [2.45, 2.75) is 58.2 Å². The van der Waals surface area contributed by atoms with E-state index in [0.29, 0.717) is 16.5 Å². The number of carbonyl (C=O) groups excluding carboxylic acids is 2. The van der Waals surface area contributed by atoms with Gasteiger partial charge in [-0.2, -0.15) is 0 Å². The molecule has 226 valence electrons. The highest BCUT2D eigenvalue weighted by Crippen LogP contribution is 2.31. The topological polar surface area (TPSA) is 86.8 Å². The highest BCUT2D eigenvalue weighted by atomic mass is 35.5. The van der Waals surface area contributed by atoms with E-state index in [0.717, 1.165) is 28.1 Å². The molecule has 0 aliphatic rings. The SMILES string of the molecule is CC[C@H](C)NC(=O)[C@@H](Cc1ccccc1)N(Cc1cccc(Cl)c1)C(=O)CCCN(c1cc(Cl)ccc1Cl)S(C)(=O)=O. The van der Waals surface area contributed by atoms with Crippen LogP contribution in [0.2, 0.25) is 15.1 Å². The molecule has 3 aromatic rings. The summed E-state index contributed by atoms with van der Waals surface area (Å²) in [6.07, 6.45) is 2.30. The van der Waals surface area contributed by atoms with E-state index in [-0.39, 0.29) is 54.5 Å². The maximum atomic E-state index is 13.9. The highest BCUT2D eigenvalue weighted by molar-refractivity contribution is 7.92. The number of hydrogen-bond donors (Lipinski definition) is 1. The molecule has 0 heterocycles. The molecule has 3 rings (SSSR count). The number of carbonyl (C=O) groups is 2. The normalized spacial score (nSPS) is 12.8. The Labute approximate surface area is 263 Å². The largest absolute Gasteiger partial charge is 0.352 e. The lowest BCUT2D eigenvalue weighted by molar-refractivity contribution is -0.141. The van der Waals surface area contributed by atoms with Gasteiger partial charge in [-0.15, -0.1) is 0 Å². The second-order valence-corrected chi connectivity index (χ2v) is 13.4. The number of nitrogens with one attached hydrogen (secondary N) is 1. The van der Waals surface area contributed by atoms with Crippen molar-refractivity contribution < 1.29 is 18.0 Å². The second kappa shape index (κ2) is 15.6. The van der Waals surface area contributed by atoms with Gasteiger partial charge < -0.3 is 10.2 Å². The van der Waals surface area contributed by atoms with Gasteiger partial charge >= 0.3 is 0 Å². The molecule has 0 saturated carbocycles. The van der Waals surface area contributed by atoms with Crippen molar-refractivity contribution in [3.05, 3.63) is 99.0 Å². The van der Waals surface area contributed by atoms with E-state index in [2.05, 4.69) is 5.32 Å². The average Bonchev–Trinajstić information content (AvgIpc) is 2.94. The van der Waals surface area contributed by atoms with Crippen LogP contribution in [0.4, 0.5) is 5.69 Å². The lowest BCUT2D eigenvalue weighted by atomic mass is 10.0. The molecule has 0 aromatic heterocycles. The van der Waals surface area contributed by atoms with Crippen molar-refractivity contribution in [3.8, 4) is 0 Å². The molecule has 0 aliphatic carbocycles. The van der Waals surface area contributed by atoms with Gasteiger partial charge in [-0.25, -0.2) is 8.42 Å². The Kier molecular flexibility index (Phi) is 12.5. The minimum atomic E-state index is -3.73. The first-order valence-electron chi connectivity index (χ1n) is 13.7. The van der Waals surface area contributed by atoms with Crippen molar-refractivity contribution in [1.29, 1.82) is 0 Å². The lowest BCUT2D eigenvalue weighted by Crippen LogP contribution is -2.52. The Balaban J connectivity index is 1.91. The standard InChI is InChI=1S/C31H36Cl3N3O4S/c1-4-22(2)35-31(39)29(19-23-10-6-5-7-11-23)36(21-24-12-8-13-25(32)18-24)30(38)14-9-17-37(42(3,40)41)28-20-26(33)15-16-27(28)34/h5-8,10-13,15-16,18,20,22,29H,4,9,14,17,19,21H2,1-3H3,(H,35,39)/t22-,29+/m0/s1. The third kappa shape index (κ3) is 9.90. The first kappa shape index (κ1) is 33.7. The zero-order valence-corrected chi connectivity index (χ0v) is 27.0. The maximum absolute atomic E-state index is 13.9. The van der Waals surface area contributed by atoms with Gasteiger partial charge in [0.15, 0.2) is 0 Å². The van der Waals surface area contributed by atoms with Gasteiger partial charge in [0.05, 0.1) is 17.0 Å². The molecule has 11 heteroatoms. The highest BCUT2D eigenvalue weighted by Gasteiger charge is 2.31. The Hall–Kier alpha value is -2.78. The van der Waals surface area contributed by atoms with E-state index in [1.807, 2.05) is 50.2 Å². The molecule has 7 nitrogen and oxygen atoms in total. The van der Waals surface area contributed by atoms with Crippen LogP contribution < -0.4 is 9.62 Å². The van der Waals surface area contributed by atoms with E-state index in [1.165, 1.54) is 12.1 Å². The molecule has 3 aromatic carbocycles. The third-order valence-electron chi connectivity index (χ3n) is 6.84. The fourth-order valence-corrected chi connectivity index (χ4v) is 6.10. The fraction of sp³-hybridized carbons (Fsp3) is 0.355. The van der Waals surface area contributed by atoms with E-state index < -0.39 is 16.1 Å². The van der Waals surface area contributed by atoms with Crippen LogP contribution in [0.3, 0.4) is 0 Å². The third-order valence-corrected chi connectivity index (χ3v) is 8.81. The Morgan fingerprint density at radius 3 is 2.21 bits per heavy atom. The van der Waals surface area contributed by atoms with Crippen molar-refractivity contribution in [2.24, 2.45) is 0 Å². The summed E-state index contributed by atoms with van der Waals surface area (Å²) in [5.74, 6) is -0.548. The van der Waals surface area contributed by atoms with Gasteiger partial charge in [0.2, 0.25) is 21.8 Å². The molecule has 2 atom stereocenters. The van der Waals surface area contributed by atoms with Gasteiger partial charge in [-0.1, -0.05) is 84.2 Å². The van der Waals surface area contributed by atoms with Crippen LogP contribution in [-0.2, 0) is 32.6 Å². The average molecular weight is 653 g/mol. The van der Waals surface area contributed by atoms with Crippen LogP contribution in [0, 0.1) is 0 Å². The summed E-state index contributed by atoms with van der Waals surface area (Å²) in [5.41, 5.74) is 1.92.